The van der Waals surface area contributed by atoms with Gasteiger partial charge in [0.05, 0.1) is 26.5 Å². The molecule has 2 aromatic rings. The molecule has 0 radical (unpaired) electrons. The van der Waals surface area contributed by atoms with Crippen molar-refractivity contribution in [2.75, 3.05) is 5.75 Å². The highest BCUT2D eigenvalue weighted by Gasteiger charge is 2.18. The summed E-state index contributed by atoms with van der Waals surface area (Å²) in [5.41, 5.74) is 0.150. The summed E-state index contributed by atoms with van der Waals surface area (Å²) in [4.78, 5) is 11.8. The predicted molar refractivity (Wildman–Crippen MR) is 78.4 cm³/mol. The first kappa shape index (κ1) is 16.1. The molecular weight excluding hydrogens is 341 g/mol. The van der Waals surface area contributed by atoms with E-state index < -0.39 is 34.0 Å². The van der Waals surface area contributed by atoms with Crippen molar-refractivity contribution in [3.63, 3.8) is 0 Å². The Morgan fingerprint density at radius 2 is 1.81 bits per heavy atom. The normalized spacial score (nSPS) is 12.2. The highest BCUT2D eigenvalue weighted by molar-refractivity contribution is 7.85. The first-order chi connectivity index (χ1) is 9.88. The van der Waals surface area contributed by atoms with E-state index in [4.69, 9.17) is 23.2 Å². The van der Waals surface area contributed by atoms with Crippen molar-refractivity contribution < 1.29 is 17.8 Å². The van der Waals surface area contributed by atoms with Crippen molar-refractivity contribution in [2.24, 2.45) is 0 Å². The molecule has 0 aliphatic heterocycles. The lowest BCUT2D eigenvalue weighted by atomic mass is 10.1. The largest absolute Gasteiger partial charge is 0.293 e. The number of hydrogen-bond acceptors (Lipinski definition) is 2. The fourth-order valence-electron chi connectivity index (χ4n) is 1.65. The Labute approximate surface area is 132 Å². The molecule has 110 valence electrons. The van der Waals surface area contributed by atoms with Crippen LogP contribution in [-0.2, 0) is 10.8 Å². The van der Waals surface area contributed by atoms with E-state index in [9.17, 15) is 17.8 Å². The Bertz CT molecular complexity index is 673. The smallest absolute Gasteiger partial charge is 0.177 e. The minimum absolute atomic E-state index is 0.129. The maximum Gasteiger partial charge on any atom is 0.177 e. The van der Waals surface area contributed by atoms with Crippen LogP contribution in [-0.4, -0.2) is 15.7 Å². The van der Waals surface area contributed by atoms with Gasteiger partial charge in [-0.1, -0.05) is 23.2 Å². The zero-order valence-corrected chi connectivity index (χ0v) is 12.7. The van der Waals surface area contributed by atoms with Crippen molar-refractivity contribution in [2.45, 2.75) is 4.90 Å². The van der Waals surface area contributed by atoms with Gasteiger partial charge < -0.3 is 0 Å². The molecule has 0 fully saturated rings. The number of carbonyl (C=O) groups excluding carboxylic acids is 1. The molecule has 0 saturated carbocycles. The molecule has 1 atom stereocenters. The second kappa shape index (κ2) is 6.64. The SMILES string of the molecule is O=C(CS(=O)c1ccc(F)cc1F)c1ccc(Cl)cc1Cl. The Morgan fingerprint density at radius 1 is 1.10 bits per heavy atom. The summed E-state index contributed by atoms with van der Waals surface area (Å²) >= 11 is 11.6. The molecule has 0 heterocycles. The average Bonchev–Trinajstić information content (AvgIpc) is 2.37. The van der Waals surface area contributed by atoms with Crippen LogP contribution in [0.3, 0.4) is 0 Å². The number of halogens is 4. The van der Waals surface area contributed by atoms with Crippen LogP contribution < -0.4 is 0 Å². The molecule has 0 N–H and O–H groups in total. The van der Waals surface area contributed by atoms with Gasteiger partial charge in [0.15, 0.2) is 5.78 Å². The van der Waals surface area contributed by atoms with Crippen molar-refractivity contribution in [3.8, 4) is 0 Å². The lowest BCUT2D eigenvalue weighted by Gasteiger charge is -2.05. The molecule has 0 spiro atoms. The van der Waals surface area contributed by atoms with Gasteiger partial charge in [-0.25, -0.2) is 8.78 Å². The number of benzene rings is 2. The average molecular weight is 349 g/mol. The van der Waals surface area contributed by atoms with Gasteiger partial charge in [-0.15, -0.1) is 0 Å². The third kappa shape index (κ3) is 3.87. The summed E-state index contributed by atoms with van der Waals surface area (Å²) in [5, 5.41) is 0.492. The molecular formula is C14H8Cl2F2O2S. The van der Waals surface area contributed by atoms with Gasteiger partial charge in [0, 0.05) is 16.7 Å². The van der Waals surface area contributed by atoms with Crippen molar-refractivity contribution >= 4 is 39.8 Å². The molecule has 0 aliphatic rings. The lowest BCUT2D eigenvalue weighted by Crippen LogP contribution is -2.12. The van der Waals surface area contributed by atoms with Crippen LogP contribution in [0.1, 0.15) is 10.4 Å². The van der Waals surface area contributed by atoms with E-state index in [1.807, 2.05) is 0 Å². The van der Waals surface area contributed by atoms with Gasteiger partial charge in [0.25, 0.3) is 0 Å². The second-order valence-corrected chi connectivity index (χ2v) is 6.38. The lowest BCUT2D eigenvalue weighted by molar-refractivity contribution is 0.102. The maximum absolute atomic E-state index is 13.5. The summed E-state index contributed by atoms with van der Waals surface area (Å²) < 4.78 is 38.3. The Balaban J connectivity index is 2.21. The van der Waals surface area contributed by atoms with Crippen molar-refractivity contribution in [1.29, 1.82) is 0 Å². The highest BCUT2D eigenvalue weighted by Crippen LogP contribution is 2.22. The fourth-order valence-corrected chi connectivity index (χ4v) is 3.21. The summed E-state index contributed by atoms with van der Waals surface area (Å²) in [6.07, 6.45) is 0. The molecule has 0 amide bonds. The van der Waals surface area contributed by atoms with Gasteiger partial charge in [0.1, 0.15) is 11.6 Å². The van der Waals surface area contributed by atoms with E-state index in [-0.39, 0.29) is 15.5 Å². The number of carbonyl (C=O) groups is 1. The molecule has 0 saturated heterocycles. The Kier molecular flexibility index (Phi) is 5.08. The molecule has 7 heteroatoms. The monoisotopic (exact) mass is 348 g/mol. The summed E-state index contributed by atoms with van der Waals surface area (Å²) in [6, 6.07) is 6.92. The topological polar surface area (TPSA) is 34.1 Å². The highest BCUT2D eigenvalue weighted by atomic mass is 35.5. The molecule has 2 aromatic carbocycles. The molecule has 1 unspecified atom stereocenters. The van der Waals surface area contributed by atoms with Crippen molar-refractivity contribution in [1.82, 2.24) is 0 Å². The molecule has 2 rings (SSSR count). The summed E-state index contributed by atoms with van der Waals surface area (Å²) in [5.74, 6) is -2.70. The third-order valence-electron chi connectivity index (χ3n) is 2.63. The number of Topliss-reactive ketones (excluding diaryl/α,β-unsaturated/α-hetero) is 1. The fraction of sp³-hybridized carbons (Fsp3) is 0.0714. The third-order valence-corrected chi connectivity index (χ3v) is 4.53. The summed E-state index contributed by atoms with van der Waals surface area (Å²) in [6.45, 7) is 0. The predicted octanol–water partition coefficient (Wildman–Crippen LogP) is 4.26. The molecule has 0 aliphatic carbocycles. The van der Waals surface area contributed by atoms with E-state index in [0.717, 1.165) is 12.1 Å². The minimum Gasteiger partial charge on any atom is -0.293 e. The molecule has 0 bridgehead atoms. The van der Waals surface area contributed by atoms with E-state index >= 15 is 0 Å². The van der Waals surface area contributed by atoms with Gasteiger partial charge in [-0.2, -0.15) is 0 Å². The van der Waals surface area contributed by atoms with Crippen LogP contribution >= 0.6 is 23.2 Å². The van der Waals surface area contributed by atoms with E-state index in [0.29, 0.717) is 11.1 Å². The number of rotatable bonds is 4. The number of hydrogen-bond donors (Lipinski definition) is 0. The van der Waals surface area contributed by atoms with E-state index in [1.54, 1.807) is 0 Å². The Hall–Kier alpha value is -1.30. The van der Waals surface area contributed by atoms with E-state index in [1.165, 1.54) is 18.2 Å². The van der Waals surface area contributed by atoms with Gasteiger partial charge >= 0.3 is 0 Å². The van der Waals surface area contributed by atoms with Crippen molar-refractivity contribution in [3.05, 3.63) is 63.6 Å². The van der Waals surface area contributed by atoms with E-state index in [2.05, 4.69) is 0 Å². The van der Waals surface area contributed by atoms with Crippen LogP contribution in [0.4, 0.5) is 8.78 Å². The Morgan fingerprint density at radius 3 is 2.43 bits per heavy atom. The van der Waals surface area contributed by atoms with Crippen LogP contribution in [0.2, 0.25) is 10.0 Å². The van der Waals surface area contributed by atoms with Gasteiger partial charge in [-0.05, 0) is 30.3 Å². The van der Waals surface area contributed by atoms with Crippen LogP contribution in [0.25, 0.3) is 0 Å². The van der Waals surface area contributed by atoms with Crippen LogP contribution in [0, 0.1) is 11.6 Å². The number of ketones is 1. The maximum atomic E-state index is 13.5. The van der Waals surface area contributed by atoms with Crippen LogP contribution in [0.5, 0.6) is 0 Å². The quantitative estimate of drug-likeness (QED) is 0.773. The zero-order valence-electron chi connectivity index (χ0n) is 10.4. The first-order valence-electron chi connectivity index (χ1n) is 5.70. The van der Waals surface area contributed by atoms with Crippen LogP contribution in [0.15, 0.2) is 41.3 Å². The molecule has 0 aromatic heterocycles. The first-order valence-corrected chi connectivity index (χ1v) is 7.77. The minimum atomic E-state index is -1.93. The molecule has 21 heavy (non-hydrogen) atoms. The second-order valence-electron chi connectivity index (χ2n) is 4.11. The van der Waals surface area contributed by atoms with Gasteiger partial charge in [-0.3, -0.25) is 9.00 Å². The van der Waals surface area contributed by atoms with Gasteiger partial charge in [0.2, 0.25) is 0 Å². The zero-order chi connectivity index (χ0) is 15.6. The summed E-state index contributed by atoms with van der Waals surface area (Å²) in [7, 11) is -1.93. The standard InChI is InChI=1S/C14H8Cl2F2O2S/c15-8-1-3-10(11(16)5-8)13(19)7-21(20)14-4-2-9(17)6-12(14)18/h1-6H,7H2. The molecule has 2 nitrogen and oxygen atoms in total.